The lowest BCUT2D eigenvalue weighted by atomic mass is 10.2. The standard InChI is InChI=1S/C23H24Cl2N4O5S2/c1-2-32-22(31)18-8-20(34-28-18)19-12-35-23(27-19)36-13-21(30)26-9-15-11-29(5-6-33-15)10-14-3-4-16(24)17(25)7-14/h3-4,7-8,12,15H,2,5-6,9-11,13H2,1H3,(H,26,30). The van der Waals surface area contributed by atoms with Crippen molar-refractivity contribution in [1.82, 2.24) is 20.4 Å². The van der Waals surface area contributed by atoms with E-state index >= 15 is 0 Å². The van der Waals surface area contributed by atoms with Gasteiger partial charge in [-0.1, -0.05) is 46.2 Å². The SMILES string of the molecule is CCOC(=O)c1cc(-c2csc(SCC(=O)NCC3CN(Cc4ccc(Cl)c(Cl)c4)CCO3)n2)on1. The minimum Gasteiger partial charge on any atom is -0.461 e. The Morgan fingerprint density at radius 2 is 2.17 bits per heavy atom. The zero-order valence-corrected chi connectivity index (χ0v) is 22.5. The van der Waals surface area contributed by atoms with Crippen molar-refractivity contribution in [3.05, 3.63) is 50.9 Å². The first-order valence-electron chi connectivity index (χ1n) is 11.2. The van der Waals surface area contributed by atoms with Crippen LogP contribution in [0.4, 0.5) is 0 Å². The van der Waals surface area contributed by atoms with Gasteiger partial charge in [0.2, 0.25) is 5.91 Å². The van der Waals surface area contributed by atoms with Gasteiger partial charge in [0.25, 0.3) is 0 Å². The second-order valence-corrected chi connectivity index (χ2v) is 10.8. The van der Waals surface area contributed by atoms with Gasteiger partial charge in [0.1, 0.15) is 5.69 Å². The predicted octanol–water partition coefficient (Wildman–Crippen LogP) is 4.39. The largest absolute Gasteiger partial charge is 0.461 e. The summed E-state index contributed by atoms with van der Waals surface area (Å²) in [7, 11) is 0. The summed E-state index contributed by atoms with van der Waals surface area (Å²) in [5.41, 5.74) is 1.72. The number of thioether (sulfide) groups is 1. The van der Waals surface area contributed by atoms with Crippen molar-refractivity contribution in [3.8, 4) is 11.5 Å². The second-order valence-electron chi connectivity index (χ2n) is 7.86. The maximum Gasteiger partial charge on any atom is 0.360 e. The number of carbonyl (C=O) groups excluding carboxylic acids is 2. The molecule has 0 aliphatic carbocycles. The number of nitrogens with zero attached hydrogens (tertiary/aromatic N) is 3. The molecule has 1 N–H and O–H groups in total. The van der Waals surface area contributed by atoms with E-state index in [4.69, 9.17) is 37.2 Å². The summed E-state index contributed by atoms with van der Waals surface area (Å²) in [5, 5.41) is 9.52. The van der Waals surface area contributed by atoms with E-state index in [1.807, 2.05) is 12.1 Å². The normalized spacial score (nSPS) is 16.1. The molecule has 9 nitrogen and oxygen atoms in total. The molecule has 1 unspecified atom stereocenters. The highest BCUT2D eigenvalue weighted by atomic mass is 35.5. The smallest absolute Gasteiger partial charge is 0.360 e. The molecule has 3 aromatic rings. The Kier molecular flexibility index (Phi) is 9.63. The van der Waals surface area contributed by atoms with Crippen molar-refractivity contribution in [2.75, 3.05) is 38.6 Å². The molecule has 0 bridgehead atoms. The van der Waals surface area contributed by atoms with Crippen LogP contribution in [0.15, 0.2) is 38.5 Å². The molecule has 13 heteroatoms. The molecule has 2 aromatic heterocycles. The Morgan fingerprint density at radius 3 is 2.97 bits per heavy atom. The lowest BCUT2D eigenvalue weighted by Crippen LogP contribution is -2.47. The summed E-state index contributed by atoms with van der Waals surface area (Å²) in [6.45, 7) is 5.24. The summed E-state index contributed by atoms with van der Waals surface area (Å²) < 4.78 is 16.6. The first kappa shape index (κ1) is 26.9. The highest BCUT2D eigenvalue weighted by Crippen LogP contribution is 2.29. The monoisotopic (exact) mass is 570 g/mol. The van der Waals surface area contributed by atoms with Crippen molar-refractivity contribution in [2.24, 2.45) is 0 Å². The number of halogens is 2. The maximum absolute atomic E-state index is 12.4. The maximum atomic E-state index is 12.4. The van der Waals surface area contributed by atoms with E-state index in [1.54, 1.807) is 18.4 Å². The van der Waals surface area contributed by atoms with Crippen LogP contribution in [-0.4, -0.2) is 71.6 Å². The topological polar surface area (TPSA) is 107 Å². The Balaban J connectivity index is 1.20. The minimum absolute atomic E-state index is 0.0916. The fraction of sp³-hybridized carbons (Fsp3) is 0.391. The molecule has 192 valence electrons. The number of ether oxygens (including phenoxy) is 2. The molecular formula is C23H24Cl2N4O5S2. The van der Waals surface area contributed by atoms with Crippen LogP contribution in [0.1, 0.15) is 23.0 Å². The van der Waals surface area contributed by atoms with Crippen LogP contribution in [-0.2, 0) is 20.8 Å². The van der Waals surface area contributed by atoms with Crippen LogP contribution in [0.3, 0.4) is 0 Å². The summed E-state index contributed by atoms with van der Waals surface area (Å²) in [6, 6.07) is 7.12. The zero-order valence-electron chi connectivity index (χ0n) is 19.4. The third-order valence-corrected chi connectivity index (χ3v) is 7.96. The molecule has 1 fully saturated rings. The van der Waals surface area contributed by atoms with Gasteiger partial charge in [-0.2, -0.15) is 0 Å². The van der Waals surface area contributed by atoms with Crippen molar-refractivity contribution in [1.29, 1.82) is 0 Å². The minimum atomic E-state index is -0.548. The van der Waals surface area contributed by atoms with E-state index in [2.05, 4.69) is 20.4 Å². The quantitative estimate of drug-likeness (QED) is 0.280. The molecule has 36 heavy (non-hydrogen) atoms. The number of amides is 1. The molecular weight excluding hydrogens is 547 g/mol. The second kappa shape index (κ2) is 12.9. The number of benzene rings is 1. The number of hydrogen-bond acceptors (Lipinski definition) is 10. The van der Waals surface area contributed by atoms with Gasteiger partial charge in [-0.3, -0.25) is 9.69 Å². The zero-order chi connectivity index (χ0) is 25.5. The van der Waals surface area contributed by atoms with Gasteiger partial charge in [-0.15, -0.1) is 11.3 Å². The van der Waals surface area contributed by atoms with Crippen molar-refractivity contribution >= 4 is 58.2 Å². The molecule has 3 heterocycles. The molecule has 1 aliphatic heterocycles. The van der Waals surface area contributed by atoms with E-state index in [0.29, 0.717) is 45.5 Å². The fourth-order valence-electron chi connectivity index (χ4n) is 3.48. The highest BCUT2D eigenvalue weighted by Gasteiger charge is 2.22. The van der Waals surface area contributed by atoms with Gasteiger partial charge in [-0.25, -0.2) is 9.78 Å². The third-order valence-electron chi connectivity index (χ3n) is 5.20. The number of esters is 1. The Morgan fingerprint density at radius 1 is 1.31 bits per heavy atom. The van der Waals surface area contributed by atoms with E-state index < -0.39 is 5.97 Å². The molecule has 1 aliphatic rings. The third kappa shape index (κ3) is 7.44. The van der Waals surface area contributed by atoms with E-state index in [0.717, 1.165) is 18.7 Å². The number of hydrogen-bond donors (Lipinski definition) is 1. The molecule has 0 radical (unpaired) electrons. The predicted molar refractivity (Wildman–Crippen MR) is 139 cm³/mol. The van der Waals surface area contributed by atoms with Crippen LogP contribution >= 0.6 is 46.3 Å². The molecule has 1 aromatic carbocycles. The highest BCUT2D eigenvalue weighted by molar-refractivity contribution is 8.01. The molecule has 0 saturated carbocycles. The number of nitrogens with one attached hydrogen (secondary N) is 1. The summed E-state index contributed by atoms with van der Waals surface area (Å²) in [4.78, 5) is 30.8. The molecule has 1 atom stereocenters. The van der Waals surface area contributed by atoms with E-state index in [1.165, 1.54) is 29.2 Å². The van der Waals surface area contributed by atoms with Crippen LogP contribution in [0, 0.1) is 0 Å². The van der Waals surface area contributed by atoms with E-state index in [-0.39, 0.29) is 30.1 Å². The van der Waals surface area contributed by atoms with E-state index in [9.17, 15) is 9.59 Å². The van der Waals surface area contributed by atoms with Gasteiger partial charge in [0, 0.05) is 37.6 Å². The summed E-state index contributed by atoms with van der Waals surface area (Å²) >= 11 is 14.8. The molecule has 0 spiro atoms. The Bertz CT molecular complexity index is 1200. The molecule has 4 rings (SSSR count). The Hall–Kier alpha value is -2.15. The summed E-state index contributed by atoms with van der Waals surface area (Å²) in [5.74, 6) is -0.0675. The van der Waals surface area contributed by atoms with Crippen molar-refractivity contribution in [3.63, 3.8) is 0 Å². The summed E-state index contributed by atoms with van der Waals surface area (Å²) in [6.07, 6.45) is -0.0954. The van der Waals surface area contributed by atoms with Gasteiger partial charge >= 0.3 is 5.97 Å². The van der Waals surface area contributed by atoms with Gasteiger partial charge in [-0.05, 0) is 24.6 Å². The number of morpholine rings is 1. The first-order chi connectivity index (χ1) is 17.4. The fourth-order valence-corrected chi connectivity index (χ4v) is 5.45. The van der Waals surface area contributed by atoms with Gasteiger partial charge in [0.05, 0.1) is 35.1 Å². The van der Waals surface area contributed by atoms with Gasteiger partial charge in [0.15, 0.2) is 15.8 Å². The lowest BCUT2D eigenvalue weighted by molar-refractivity contribution is -0.119. The first-order valence-corrected chi connectivity index (χ1v) is 13.8. The van der Waals surface area contributed by atoms with Crippen LogP contribution in [0.5, 0.6) is 0 Å². The van der Waals surface area contributed by atoms with Crippen LogP contribution < -0.4 is 5.32 Å². The number of rotatable bonds is 10. The van der Waals surface area contributed by atoms with Gasteiger partial charge < -0.3 is 19.3 Å². The molecule has 1 saturated heterocycles. The molecule has 1 amide bonds. The van der Waals surface area contributed by atoms with Crippen LogP contribution in [0.2, 0.25) is 10.0 Å². The lowest BCUT2D eigenvalue weighted by Gasteiger charge is -2.33. The number of aromatic nitrogens is 2. The Labute approximate surface area is 226 Å². The average molecular weight is 572 g/mol. The van der Waals surface area contributed by atoms with Crippen molar-refractivity contribution < 1.29 is 23.6 Å². The number of carbonyl (C=O) groups is 2. The van der Waals surface area contributed by atoms with Crippen molar-refractivity contribution in [2.45, 2.75) is 23.9 Å². The van der Waals surface area contributed by atoms with Crippen LogP contribution in [0.25, 0.3) is 11.5 Å². The average Bonchev–Trinajstić information content (AvgIpc) is 3.54. The number of thiazole rings is 1.